The molecule has 0 unspecified atom stereocenters. The Bertz CT molecular complexity index is 280. The van der Waals surface area contributed by atoms with E-state index < -0.39 is 12.4 Å². The molecule has 1 nitrogen and oxygen atoms in total. The van der Waals surface area contributed by atoms with Crippen LogP contribution in [-0.2, 0) is 0 Å². The number of halogens is 3. The van der Waals surface area contributed by atoms with Gasteiger partial charge in [-0.15, -0.1) is 6.58 Å². The van der Waals surface area contributed by atoms with E-state index in [1.807, 2.05) is 0 Å². The van der Waals surface area contributed by atoms with Gasteiger partial charge in [0.2, 0.25) is 0 Å². The molecule has 0 bridgehead atoms. The van der Waals surface area contributed by atoms with Gasteiger partial charge in [-0.2, -0.15) is 0 Å². The molecule has 0 N–H and O–H groups in total. The smallest absolute Gasteiger partial charge is 0.445 e. The highest BCUT2D eigenvalue weighted by atomic mass is 19.4. The average molecular weight is 172 g/mol. The lowest BCUT2D eigenvalue weighted by Gasteiger charge is -2.16. The first-order valence-corrected chi connectivity index (χ1v) is 3.32. The molecule has 0 fully saturated rings. The van der Waals surface area contributed by atoms with E-state index in [2.05, 4.69) is 11.6 Å². The summed E-state index contributed by atoms with van der Waals surface area (Å²) in [7, 11) is 0. The normalized spacial score (nSPS) is 11.2. The highest BCUT2D eigenvalue weighted by molar-refractivity contribution is 6.79. The monoisotopic (exact) mass is 172 g/mol. The lowest BCUT2D eigenvalue weighted by molar-refractivity contribution is 0.503. The molecule has 0 saturated heterocycles. The standard InChI is InChI=1S/C7H6BF3N/c1-6(8(9,10)11)7-4-2-3-5-12-7/h2-5H,1H2/q-1. The summed E-state index contributed by atoms with van der Waals surface area (Å²) < 4.78 is 36.2. The zero-order chi connectivity index (χ0) is 9.19. The van der Waals surface area contributed by atoms with E-state index in [0.717, 1.165) is 0 Å². The maximum atomic E-state index is 12.1. The first kappa shape index (κ1) is 8.84. The molecule has 5 heteroatoms. The van der Waals surface area contributed by atoms with Crippen LogP contribution in [0, 0.1) is 0 Å². The van der Waals surface area contributed by atoms with Gasteiger partial charge in [-0.05, 0) is 12.1 Å². The Hall–Kier alpha value is -1.26. The predicted molar refractivity (Wildman–Crippen MR) is 42.3 cm³/mol. The molecule has 0 aromatic carbocycles. The van der Waals surface area contributed by atoms with Crippen LogP contribution in [0.3, 0.4) is 0 Å². The van der Waals surface area contributed by atoms with Gasteiger partial charge in [0.15, 0.2) is 0 Å². The number of rotatable bonds is 2. The minimum atomic E-state index is -5.01. The second-order valence-electron chi connectivity index (χ2n) is 2.31. The van der Waals surface area contributed by atoms with Gasteiger partial charge in [-0.3, -0.25) is 4.98 Å². The van der Waals surface area contributed by atoms with E-state index in [9.17, 15) is 12.9 Å². The second-order valence-corrected chi connectivity index (χ2v) is 2.31. The van der Waals surface area contributed by atoms with Crippen LogP contribution in [0.1, 0.15) is 5.69 Å². The topological polar surface area (TPSA) is 12.9 Å². The highest BCUT2D eigenvalue weighted by Gasteiger charge is 2.28. The van der Waals surface area contributed by atoms with E-state index >= 15 is 0 Å². The van der Waals surface area contributed by atoms with Gasteiger partial charge in [0.05, 0.1) is 0 Å². The Morgan fingerprint density at radius 2 is 2.00 bits per heavy atom. The lowest BCUT2D eigenvalue weighted by Crippen LogP contribution is -2.17. The molecule has 0 saturated carbocycles. The van der Waals surface area contributed by atoms with Crippen LogP contribution in [0.4, 0.5) is 12.9 Å². The van der Waals surface area contributed by atoms with E-state index in [1.165, 1.54) is 18.3 Å². The largest absolute Gasteiger partial charge is 0.511 e. The summed E-state index contributed by atoms with van der Waals surface area (Å²) in [6.07, 6.45) is 1.31. The van der Waals surface area contributed by atoms with Crippen molar-refractivity contribution in [3.8, 4) is 0 Å². The van der Waals surface area contributed by atoms with Crippen LogP contribution in [0.15, 0.2) is 31.0 Å². The predicted octanol–water partition coefficient (Wildman–Crippen LogP) is 2.48. The summed E-state index contributed by atoms with van der Waals surface area (Å²) in [4.78, 5) is 3.54. The van der Waals surface area contributed by atoms with Gasteiger partial charge in [0.25, 0.3) is 0 Å². The van der Waals surface area contributed by atoms with Crippen molar-refractivity contribution in [3.05, 3.63) is 36.7 Å². The van der Waals surface area contributed by atoms with E-state index in [-0.39, 0.29) is 5.69 Å². The van der Waals surface area contributed by atoms with Crippen LogP contribution in [0.25, 0.3) is 5.47 Å². The van der Waals surface area contributed by atoms with Crippen LogP contribution >= 0.6 is 0 Å². The van der Waals surface area contributed by atoms with Crippen molar-refractivity contribution < 1.29 is 12.9 Å². The van der Waals surface area contributed by atoms with Crippen molar-refractivity contribution in [1.29, 1.82) is 0 Å². The zero-order valence-corrected chi connectivity index (χ0v) is 6.17. The van der Waals surface area contributed by atoms with E-state index in [1.54, 1.807) is 6.07 Å². The third-order valence-electron chi connectivity index (χ3n) is 1.39. The van der Waals surface area contributed by atoms with Crippen molar-refractivity contribution in [3.63, 3.8) is 0 Å². The molecule has 0 aliphatic rings. The van der Waals surface area contributed by atoms with Crippen LogP contribution < -0.4 is 0 Å². The fourth-order valence-electron chi connectivity index (χ4n) is 0.720. The lowest BCUT2D eigenvalue weighted by atomic mass is 9.78. The van der Waals surface area contributed by atoms with Gasteiger partial charge in [-0.1, -0.05) is 11.5 Å². The van der Waals surface area contributed by atoms with E-state index in [0.29, 0.717) is 0 Å². The Kier molecular flexibility index (Phi) is 2.21. The zero-order valence-electron chi connectivity index (χ0n) is 6.17. The number of aromatic nitrogens is 1. The molecule has 0 amide bonds. The first-order valence-electron chi connectivity index (χ1n) is 3.32. The third kappa shape index (κ3) is 1.87. The molecule has 0 aliphatic heterocycles. The molecular weight excluding hydrogens is 166 g/mol. The fraction of sp³-hybridized carbons (Fsp3) is 0. The van der Waals surface area contributed by atoms with Crippen molar-refractivity contribution in [1.82, 2.24) is 4.98 Å². The molecule has 0 atom stereocenters. The molecule has 64 valence electrons. The quantitative estimate of drug-likeness (QED) is 0.624. The Morgan fingerprint density at radius 1 is 1.33 bits per heavy atom. The number of nitrogens with zero attached hydrogens (tertiary/aromatic N) is 1. The number of pyridine rings is 1. The summed E-state index contributed by atoms with van der Waals surface area (Å²) >= 11 is 0. The third-order valence-corrected chi connectivity index (χ3v) is 1.39. The fourth-order valence-corrected chi connectivity index (χ4v) is 0.720. The number of hydrogen-bond acceptors (Lipinski definition) is 1. The van der Waals surface area contributed by atoms with Crippen molar-refractivity contribution in [2.24, 2.45) is 0 Å². The molecular formula is C7H6BF3N-. The van der Waals surface area contributed by atoms with Crippen LogP contribution in [0.2, 0.25) is 0 Å². The first-order chi connectivity index (χ1) is 5.52. The summed E-state index contributed by atoms with van der Waals surface area (Å²) in [5.41, 5.74) is -0.958. The van der Waals surface area contributed by atoms with Crippen LogP contribution in [0.5, 0.6) is 0 Å². The van der Waals surface area contributed by atoms with Gasteiger partial charge in [0.1, 0.15) is 0 Å². The van der Waals surface area contributed by atoms with Gasteiger partial charge in [-0.25, -0.2) is 0 Å². The molecule has 1 heterocycles. The minimum absolute atomic E-state index is 0.106. The Balaban J connectivity index is 2.94. The van der Waals surface area contributed by atoms with Crippen molar-refractivity contribution >= 4 is 12.4 Å². The molecule has 0 aliphatic carbocycles. The summed E-state index contributed by atoms with van der Waals surface area (Å²) in [5, 5.41) is 0. The molecule has 1 aromatic rings. The molecule has 0 spiro atoms. The highest BCUT2D eigenvalue weighted by Crippen LogP contribution is 2.25. The summed E-state index contributed by atoms with van der Waals surface area (Å²) in [6.45, 7) is -2.07. The maximum Gasteiger partial charge on any atom is 0.511 e. The maximum absolute atomic E-state index is 12.1. The minimum Gasteiger partial charge on any atom is -0.445 e. The Labute approximate surface area is 68.0 Å². The molecule has 12 heavy (non-hydrogen) atoms. The molecule has 0 radical (unpaired) electrons. The van der Waals surface area contributed by atoms with Gasteiger partial charge >= 0.3 is 6.98 Å². The van der Waals surface area contributed by atoms with Crippen molar-refractivity contribution in [2.45, 2.75) is 0 Å². The summed E-state index contributed by atoms with van der Waals surface area (Å²) in [5.74, 6) is 0. The second kappa shape index (κ2) is 3.01. The Morgan fingerprint density at radius 3 is 2.42 bits per heavy atom. The van der Waals surface area contributed by atoms with Crippen LogP contribution in [-0.4, -0.2) is 12.0 Å². The van der Waals surface area contributed by atoms with E-state index in [4.69, 9.17) is 0 Å². The number of hydrogen-bond donors (Lipinski definition) is 0. The van der Waals surface area contributed by atoms with Gasteiger partial charge < -0.3 is 12.9 Å². The SMILES string of the molecule is C=C(c1ccccn1)[B-](F)(F)F. The molecule has 1 aromatic heterocycles. The molecule has 1 rings (SSSR count). The van der Waals surface area contributed by atoms with Crippen molar-refractivity contribution in [2.75, 3.05) is 0 Å². The van der Waals surface area contributed by atoms with Gasteiger partial charge in [0, 0.05) is 11.9 Å². The summed E-state index contributed by atoms with van der Waals surface area (Å²) in [6, 6.07) is 4.34. The average Bonchev–Trinajstić information content (AvgIpc) is 2.03.